The van der Waals surface area contributed by atoms with Crippen LogP contribution in [0, 0.1) is 11.3 Å². The summed E-state index contributed by atoms with van der Waals surface area (Å²) in [6.45, 7) is 2.15. The van der Waals surface area contributed by atoms with Crippen LogP contribution < -0.4 is 5.56 Å². The molecular formula is C33H32N4O4. The first-order valence-corrected chi connectivity index (χ1v) is 14.2. The highest BCUT2D eigenvalue weighted by atomic mass is 16.2. The molecule has 3 aliphatic heterocycles. The number of likely N-dealkylation sites (tertiary alicyclic amines) is 1. The van der Waals surface area contributed by atoms with E-state index >= 15 is 0 Å². The number of hydrogen-bond acceptors (Lipinski definition) is 5. The highest BCUT2D eigenvalue weighted by Crippen LogP contribution is 2.41. The number of barbiturate groups is 1. The van der Waals surface area contributed by atoms with Gasteiger partial charge in [0.15, 0.2) is 0 Å². The summed E-state index contributed by atoms with van der Waals surface area (Å²) in [6.07, 6.45) is 1.15. The number of benzene rings is 3. The molecule has 8 heteroatoms. The fourth-order valence-electron chi connectivity index (χ4n) is 7.58. The largest absolute Gasteiger partial charge is 0.332 e. The Bertz CT molecular complexity index is 1730. The SMILES string of the molecule is CN1C(=O)N(C)C(=O)C(Cc2c3ccccc3cc3ccccc23)(CN2C[C@@H]3C[C@H](C2)c2cccc(=O)n2C3)C1=O. The van der Waals surface area contributed by atoms with Crippen LogP contribution in [0.2, 0.25) is 0 Å². The minimum atomic E-state index is -1.48. The Balaban J connectivity index is 1.35. The van der Waals surface area contributed by atoms with E-state index in [-0.39, 0.29) is 30.4 Å². The normalized spacial score (nSPS) is 22.4. The van der Waals surface area contributed by atoms with E-state index in [2.05, 4.69) is 23.1 Å². The van der Waals surface area contributed by atoms with Gasteiger partial charge in [-0.05, 0) is 58.0 Å². The van der Waals surface area contributed by atoms with Crippen molar-refractivity contribution < 1.29 is 14.4 Å². The lowest BCUT2D eigenvalue weighted by Gasteiger charge is -2.48. The maximum Gasteiger partial charge on any atom is 0.332 e. The average Bonchev–Trinajstić information content (AvgIpc) is 2.98. The second kappa shape index (κ2) is 9.38. The van der Waals surface area contributed by atoms with Gasteiger partial charge in [0.1, 0.15) is 5.41 Å². The lowest BCUT2D eigenvalue weighted by atomic mass is 9.74. The Labute approximate surface area is 237 Å². The van der Waals surface area contributed by atoms with E-state index in [0.29, 0.717) is 19.6 Å². The number of carbonyl (C=O) groups is 3. The molecule has 4 amide bonds. The fourth-order valence-corrected chi connectivity index (χ4v) is 7.58. The van der Waals surface area contributed by atoms with Gasteiger partial charge in [-0.2, -0.15) is 0 Å². The van der Waals surface area contributed by atoms with Gasteiger partial charge in [-0.3, -0.25) is 24.2 Å². The van der Waals surface area contributed by atoms with E-state index in [1.807, 2.05) is 53.1 Å². The first-order chi connectivity index (χ1) is 19.8. The van der Waals surface area contributed by atoms with Gasteiger partial charge in [0.2, 0.25) is 11.8 Å². The molecule has 4 aromatic rings. The van der Waals surface area contributed by atoms with E-state index in [1.165, 1.54) is 14.1 Å². The number of pyridine rings is 1. The molecule has 3 aliphatic rings. The van der Waals surface area contributed by atoms with E-state index in [0.717, 1.165) is 49.0 Å². The molecule has 0 aliphatic carbocycles. The molecule has 7 rings (SSSR count). The predicted molar refractivity (Wildman–Crippen MR) is 157 cm³/mol. The molecule has 0 N–H and O–H groups in total. The second-order valence-corrected chi connectivity index (χ2v) is 12.0. The quantitative estimate of drug-likeness (QED) is 0.286. The third kappa shape index (κ3) is 3.92. The van der Waals surface area contributed by atoms with Crippen molar-refractivity contribution in [1.82, 2.24) is 19.3 Å². The number of carbonyl (C=O) groups excluding carboxylic acids is 3. The smallest absolute Gasteiger partial charge is 0.312 e. The van der Waals surface area contributed by atoms with Crippen molar-refractivity contribution in [3.8, 4) is 0 Å². The highest BCUT2D eigenvalue weighted by Gasteiger charge is 2.57. The van der Waals surface area contributed by atoms with Crippen LogP contribution in [-0.2, 0) is 22.6 Å². The van der Waals surface area contributed by atoms with Gasteiger partial charge in [0.25, 0.3) is 5.56 Å². The van der Waals surface area contributed by atoms with Crippen LogP contribution >= 0.6 is 0 Å². The number of piperidine rings is 1. The van der Waals surface area contributed by atoms with Gasteiger partial charge in [-0.25, -0.2) is 4.79 Å². The average molecular weight is 549 g/mol. The van der Waals surface area contributed by atoms with Crippen molar-refractivity contribution in [2.45, 2.75) is 25.3 Å². The number of fused-ring (bicyclic) bond motifs is 6. The minimum Gasteiger partial charge on any atom is -0.312 e. The standard InChI is InChI=1S/C33H32N4O4/c1-34-30(39)33(31(40)35(2)32(34)41,16-27-25-10-5-3-8-22(25)15-23-9-4-6-11-26(23)27)20-36-17-21-14-24(19-36)28-12-7-13-29(38)37(28)18-21/h3-13,15,21,24H,14,16-20H2,1-2H3/t21-,24+/m0/s1. The van der Waals surface area contributed by atoms with E-state index < -0.39 is 23.3 Å². The third-order valence-corrected chi connectivity index (χ3v) is 9.41. The molecule has 1 aromatic heterocycles. The molecule has 2 atom stereocenters. The summed E-state index contributed by atoms with van der Waals surface area (Å²) in [7, 11) is 2.94. The monoisotopic (exact) mass is 548 g/mol. The Morgan fingerprint density at radius 1 is 0.756 bits per heavy atom. The number of aromatic nitrogens is 1. The van der Waals surface area contributed by atoms with Gasteiger partial charge < -0.3 is 9.47 Å². The molecule has 0 radical (unpaired) electrons. The topological polar surface area (TPSA) is 82.9 Å². The van der Waals surface area contributed by atoms with Crippen molar-refractivity contribution in [2.75, 3.05) is 33.7 Å². The van der Waals surface area contributed by atoms with Gasteiger partial charge in [0.05, 0.1) is 0 Å². The first kappa shape index (κ1) is 25.7. The lowest BCUT2D eigenvalue weighted by Crippen LogP contribution is -2.67. The first-order valence-electron chi connectivity index (χ1n) is 14.2. The maximum atomic E-state index is 14.2. The summed E-state index contributed by atoms with van der Waals surface area (Å²) in [5.41, 5.74) is 0.486. The van der Waals surface area contributed by atoms with Crippen LogP contribution in [0.3, 0.4) is 0 Å². The number of hydrogen-bond donors (Lipinski definition) is 0. The summed E-state index contributed by atoms with van der Waals surface area (Å²) in [5.74, 6) is -0.551. The molecule has 2 saturated heterocycles. The Kier molecular flexibility index (Phi) is 5.87. The van der Waals surface area contributed by atoms with Crippen LogP contribution in [0.25, 0.3) is 21.5 Å². The molecule has 2 fully saturated rings. The zero-order valence-electron chi connectivity index (χ0n) is 23.2. The van der Waals surface area contributed by atoms with Crippen molar-refractivity contribution in [2.24, 2.45) is 11.3 Å². The van der Waals surface area contributed by atoms with Crippen LogP contribution in [0.5, 0.6) is 0 Å². The van der Waals surface area contributed by atoms with E-state index in [1.54, 1.807) is 6.07 Å². The Morgan fingerprint density at radius 2 is 1.39 bits per heavy atom. The second-order valence-electron chi connectivity index (χ2n) is 12.0. The predicted octanol–water partition coefficient (Wildman–Crippen LogP) is 3.85. The molecule has 8 nitrogen and oxygen atoms in total. The zero-order valence-corrected chi connectivity index (χ0v) is 23.2. The number of urea groups is 1. The lowest BCUT2D eigenvalue weighted by molar-refractivity contribution is -0.159. The molecular weight excluding hydrogens is 516 g/mol. The van der Waals surface area contributed by atoms with E-state index in [4.69, 9.17) is 0 Å². The highest BCUT2D eigenvalue weighted by molar-refractivity contribution is 6.19. The van der Waals surface area contributed by atoms with Gasteiger partial charge in [-0.1, -0.05) is 54.6 Å². The number of amides is 4. The van der Waals surface area contributed by atoms with Crippen molar-refractivity contribution in [1.29, 1.82) is 0 Å². The van der Waals surface area contributed by atoms with Gasteiger partial charge in [-0.15, -0.1) is 0 Å². The Hall–Kier alpha value is -4.30. The molecule has 3 aromatic carbocycles. The van der Waals surface area contributed by atoms with Crippen LogP contribution in [0.1, 0.15) is 23.6 Å². The fraction of sp³-hybridized carbons (Fsp3) is 0.333. The van der Waals surface area contributed by atoms with Gasteiger partial charge >= 0.3 is 6.03 Å². The number of rotatable bonds is 4. The summed E-state index contributed by atoms with van der Waals surface area (Å²) in [4.78, 5) is 58.4. The van der Waals surface area contributed by atoms with E-state index in [9.17, 15) is 19.2 Å². The molecule has 0 unspecified atom stereocenters. The van der Waals surface area contributed by atoms with Crippen molar-refractivity contribution in [3.05, 3.63) is 94.4 Å². The molecule has 208 valence electrons. The van der Waals surface area contributed by atoms with Crippen LogP contribution in [0.15, 0.2) is 77.6 Å². The maximum absolute atomic E-state index is 14.2. The summed E-state index contributed by atoms with van der Waals surface area (Å²) < 4.78 is 1.88. The van der Waals surface area contributed by atoms with Crippen molar-refractivity contribution in [3.63, 3.8) is 0 Å². The molecule has 4 heterocycles. The van der Waals surface area contributed by atoms with Gasteiger partial charge in [0, 0.05) is 58.0 Å². The third-order valence-electron chi connectivity index (χ3n) is 9.41. The summed E-state index contributed by atoms with van der Waals surface area (Å²) >= 11 is 0. The molecule has 0 saturated carbocycles. The zero-order chi connectivity index (χ0) is 28.5. The van der Waals surface area contributed by atoms with Crippen LogP contribution in [0.4, 0.5) is 4.79 Å². The Morgan fingerprint density at radius 3 is 2.05 bits per heavy atom. The molecule has 0 spiro atoms. The van der Waals surface area contributed by atoms with Crippen LogP contribution in [-0.4, -0.2) is 70.8 Å². The van der Waals surface area contributed by atoms with Crippen molar-refractivity contribution >= 4 is 39.4 Å². The number of imide groups is 2. The molecule has 2 bridgehead atoms. The summed E-state index contributed by atoms with van der Waals surface area (Å²) in [6, 6.07) is 23.1. The molecule has 41 heavy (non-hydrogen) atoms. The summed E-state index contributed by atoms with van der Waals surface area (Å²) in [5, 5.41) is 4.08. The minimum absolute atomic E-state index is 0.0179. The number of nitrogens with zero attached hydrogens (tertiary/aromatic N) is 4.